The fourth-order valence-electron chi connectivity index (χ4n) is 4.21. The van der Waals surface area contributed by atoms with E-state index < -0.39 is 29.8 Å². The number of nitrogens with zero attached hydrogens (tertiary/aromatic N) is 1. The van der Waals surface area contributed by atoms with Gasteiger partial charge in [0.15, 0.2) is 5.76 Å². The Morgan fingerprint density at radius 3 is 2.14 bits per heavy atom. The minimum absolute atomic E-state index is 0.0178. The van der Waals surface area contributed by atoms with E-state index in [2.05, 4.69) is 0 Å². The average molecular weight is 488 g/mol. The van der Waals surface area contributed by atoms with E-state index in [0.717, 1.165) is 16.0 Å². The summed E-state index contributed by atoms with van der Waals surface area (Å²) < 4.78 is 11.6. The van der Waals surface area contributed by atoms with Crippen LogP contribution in [0.25, 0.3) is 22.3 Å². The molecular formula is C27H18ClNO6. The van der Waals surface area contributed by atoms with E-state index in [-0.39, 0.29) is 33.0 Å². The normalized spacial score (nSPS) is 12.8. The Hall–Kier alpha value is -4.23. The van der Waals surface area contributed by atoms with E-state index in [9.17, 15) is 19.2 Å². The highest BCUT2D eigenvalue weighted by atomic mass is 35.5. The summed E-state index contributed by atoms with van der Waals surface area (Å²) in [5.74, 6) is -2.56. The first-order chi connectivity index (χ1) is 16.8. The van der Waals surface area contributed by atoms with Crippen LogP contribution in [0.15, 0.2) is 69.9 Å². The Labute approximate surface area is 204 Å². The lowest BCUT2D eigenvalue weighted by Gasteiger charge is -2.15. The molecule has 1 aromatic heterocycles. The van der Waals surface area contributed by atoms with Gasteiger partial charge in [0, 0.05) is 5.56 Å². The number of fused-ring (bicyclic) bond motifs is 2. The molecule has 7 nitrogen and oxygen atoms in total. The fourth-order valence-corrected chi connectivity index (χ4v) is 4.43. The first kappa shape index (κ1) is 22.6. The smallest absolute Gasteiger partial charge is 0.331 e. The highest BCUT2D eigenvalue weighted by molar-refractivity contribution is 6.33. The van der Waals surface area contributed by atoms with Crippen LogP contribution in [0.1, 0.15) is 31.8 Å². The van der Waals surface area contributed by atoms with Crippen molar-refractivity contribution < 1.29 is 23.5 Å². The third-order valence-corrected chi connectivity index (χ3v) is 6.11. The van der Waals surface area contributed by atoms with Gasteiger partial charge in [-0.05, 0) is 55.3 Å². The van der Waals surface area contributed by atoms with Crippen molar-refractivity contribution in [3.05, 3.63) is 98.2 Å². The third kappa shape index (κ3) is 3.80. The van der Waals surface area contributed by atoms with Gasteiger partial charge in [0.1, 0.15) is 12.1 Å². The van der Waals surface area contributed by atoms with Crippen LogP contribution in [0.5, 0.6) is 5.75 Å². The van der Waals surface area contributed by atoms with Gasteiger partial charge in [-0.2, -0.15) is 0 Å². The van der Waals surface area contributed by atoms with Crippen LogP contribution in [0.2, 0.25) is 5.02 Å². The average Bonchev–Trinajstić information content (AvgIpc) is 3.07. The number of rotatable bonds is 4. The maximum atomic E-state index is 13.5. The summed E-state index contributed by atoms with van der Waals surface area (Å²) in [5, 5.41) is 0.527. The second-order valence-corrected chi connectivity index (χ2v) is 8.65. The predicted molar refractivity (Wildman–Crippen MR) is 130 cm³/mol. The van der Waals surface area contributed by atoms with E-state index >= 15 is 0 Å². The Kier molecular flexibility index (Phi) is 5.49. The number of benzene rings is 3. The number of halogens is 1. The van der Waals surface area contributed by atoms with Crippen LogP contribution in [0.3, 0.4) is 0 Å². The zero-order chi connectivity index (χ0) is 24.9. The monoisotopic (exact) mass is 487 g/mol. The highest BCUT2D eigenvalue weighted by Crippen LogP contribution is 2.36. The van der Waals surface area contributed by atoms with Crippen molar-refractivity contribution in [3.8, 4) is 17.1 Å². The molecule has 0 spiro atoms. The molecule has 0 N–H and O–H groups in total. The highest BCUT2D eigenvalue weighted by Gasteiger charge is 2.37. The molecule has 0 unspecified atom stereocenters. The third-order valence-electron chi connectivity index (χ3n) is 5.78. The summed E-state index contributed by atoms with van der Waals surface area (Å²) in [6, 6.07) is 16.5. The van der Waals surface area contributed by atoms with Crippen molar-refractivity contribution in [3.63, 3.8) is 0 Å². The van der Waals surface area contributed by atoms with E-state index in [4.69, 9.17) is 20.8 Å². The summed E-state index contributed by atoms with van der Waals surface area (Å²) in [6.07, 6.45) is 0. The molecule has 35 heavy (non-hydrogen) atoms. The quantitative estimate of drug-likeness (QED) is 0.299. The van der Waals surface area contributed by atoms with Gasteiger partial charge in [-0.3, -0.25) is 19.3 Å². The number of carbonyl (C=O) groups excluding carboxylic acids is 3. The minimum atomic E-state index is -0.969. The Morgan fingerprint density at radius 1 is 0.914 bits per heavy atom. The molecule has 4 aromatic rings. The molecule has 3 aromatic carbocycles. The van der Waals surface area contributed by atoms with Gasteiger partial charge >= 0.3 is 5.97 Å². The van der Waals surface area contributed by atoms with Gasteiger partial charge in [0.05, 0.1) is 21.5 Å². The molecule has 0 saturated heterocycles. The Morgan fingerprint density at radius 2 is 1.51 bits per heavy atom. The minimum Gasteiger partial charge on any atom is -0.452 e. The van der Waals surface area contributed by atoms with Crippen molar-refractivity contribution in [2.24, 2.45) is 0 Å². The molecule has 0 radical (unpaired) electrons. The zero-order valence-corrected chi connectivity index (χ0v) is 19.5. The molecule has 0 fully saturated rings. The summed E-state index contributed by atoms with van der Waals surface area (Å²) >= 11 is 6.36. The number of hydrogen-bond donors (Lipinski definition) is 0. The second kappa shape index (κ2) is 8.52. The first-order valence-electron chi connectivity index (χ1n) is 10.7. The van der Waals surface area contributed by atoms with E-state index in [1.165, 1.54) is 12.1 Å². The lowest BCUT2D eigenvalue weighted by Crippen LogP contribution is -2.37. The maximum Gasteiger partial charge on any atom is 0.331 e. The van der Waals surface area contributed by atoms with E-state index in [1.54, 1.807) is 42.5 Å². The zero-order valence-electron chi connectivity index (χ0n) is 18.8. The number of ether oxygens (including phenoxy) is 1. The van der Waals surface area contributed by atoms with Crippen LogP contribution in [0.4, 0.5) is 0 Å². The standard InChI is InChI=1S/C27H18ClNO6/c1-14-11-15(2)23-19(12-14)22(31)25(24(35-23)18-9-5-6-10-20(18)28)34-21(30)13-29-26(32)16-7-3-4-8-17(16)27(29)33/h3-12H,13H2,1-2H3. The molecule has 5 rings (SSSR count). The molecule has 0 saturated carbocycles. The van der Waals surface area contributed by atoms with Gasteiger partial charge < -0.3 is 9.15 Å². The lowest BCUT2D eigenvalue weighted by molar-refractivity contribution is -0.134. The predicted octanol–water partition coefficient (Wildman–Crippen LogP) is 4.93. The van der Waals surface area contributed by atoms with Crippen LogP contribution >= 0.6 is 11.6 Å². The van der Waals surface area contributed by atoms with E-state index in [0.29, 0.717) is 11.1 Å². The molecule has 8 heteroatoms. The van der Waals surface area contributed by atoms with Gasteiger partial charge in [-0.1, -0.05) is 41.9 Å². The van der Waals surface area contributed by atoms with Crippen molar-refractivity contribution in [2.45, 2.75) is 13.8 Å². The topological polar surface area (TPSA) is 93.9 Å². The molecule has 2 amide bonds. The largest absolute Gasteiger partial charge is 0.452 e. The van der Waals surface area contributed by atoms with Gasteiger partial charge in [-0.15, -0.1) is 0 Å². The van der Waals surface area contributed by atoms with Gasteiger partial charge in [-0.25, -0.2) is 4.79 Å². The van der Waals surface area contributed by atoms with Crippen molar-refractivity contribution in [2.75, 3.05) is 6.54 Å². The number of amides is 2. The molecule has 2 heterocycles. The molecule has 0 bridgehead atoms. The lowest BCUT2D eigenvalue weighted by atomic mass is 10.1. The summed E-state index contributed by atoms with van der Waals surface area (Å²) in [5.41, 5.74) is 2.11. The second-order valence-electron chi connectivity index (χ2n) is 8.24. The van der Waals surface area contributed by atoms with Gasteiger partial charge in [0.25, 0.3) is 11.8 Å². The number of imide groups is 1. The molecule has 1 aliphatic heterocycles. The number of esters is 1. The van der Waals surface area contributed by atoms with Crippen molar-refractivity contribution >= 4 is 40.4 Å². The number of aryl methyl sites for hydroxylation is 2. The van der Waals surface area contributed by atoms with Gasteiger partial charge in [0.2, 0.25) is 11.2 Å². The maximum absolute atomic E-state index is 13.5. The van der Waals surface area contributed by atoms with Crippen LogP contribution in [0, 0.1) is 13.8 Å². The van der Waals surface area contributed by atoms with Crippen molar-refractivity contribution in [1.29, 1.82) is 0 Å². The van der Waals surface area contributed by atoms with Crippen LogP contribution in [-0.2, 0) is 4.79 Å². The Balaban J connectivity index is 1.58. The summed E-state index contributed by atoms with van der Waals surface area (Å²) in [7, 11) is 0. The molecule has 174 valence electrons. The molecule has 0 atom stereocenters. The Bertz CT molecular complexity index is 1590. The molecule has 1 aliphatic rings. The van der Waals surface area contributed by atoms with Crippen LogP contribution < -0.4 is 10.2 Å². The number of hydrogen-bond acceptors (Lipinski definition) is 6. The number of carbonyl (C=O) groups is 3. The summed E-state index contributed by atoms with van der Waals surface area (Å²) in [4.78, 5) is 52.5. The fraction of sp³-hybridized carbons (Fsp3) is 0.111. The molecule has 0 aliphatic carbocycles. The first-order valence-corrected chi connectivity index (χ1v) is 11.1. The van der Waals surface area contributed by atoms with Crippen LogP contribution in [-0.4, -0.2) is 29.2 Å². The van der Waals surface area contributed by atoms with E-state index in [1.807, 2.05) is 19.9 Å². The molecular weight excluding hydrogens is 470 g/mol. The SMILES string of the molecule is Cc1cc(C)c2oc(-c3ccccc3Cl)c(OC(=O)CN3C(=O)c4ccccc4C3=O)c(=O)c2c1. The summed E-state index contributed by atoms with van der Waals surface area (Å²) in [6.45, 7) is 2.98. The van der Waals surface area contributed by atoms with Crippen molar-refractivity contribution in [1.82, 2.24) is 4.90 Å².